The van der Waals surface area contributed by atoms with Gasteiger partial charge in [-0.1, -0.05) is 6.42 Å². The van der Waals surface area contributed by atoms with Crippen molar-refractivity contribution in [2.75, 3.05) is 7.11 Å². The number of benzene rings is 1. The Morgan fingerprint density at radius 3 is 2.81 bits per heavy atom. The minimum absolute atomic E-state index is 0.0780. The van der Waals surface area contributed by atoms with Crippen LogP contribution in [-0.4, -0.2) is 12.0 Å². The van der Waals surface area contributed by atoms with Gasteiger partial charge in [-0.2, -0.15) is 0 Å². The van der Waals surface area contributed by atoms with Crippen molar-refractivity contribution in [2.45, 2.75) is 38.1 Å². The van der Waals surface area contributed by atoms with E-state index in [0.717, 1.165) is 23.8 Å². The highest BCUT2D eigenvalue weighted by atomic mass is 16.6. The number of nitro benzene ring substituents is 1. The molecule has 3 rings (SSSR count). The summed E-state index contributed by atoms with van der Waals surface area (Å²) in [5.41, 5.74) is 7.19. The second-order valence-electron chi connectivity index (χ2n) is 6.46. The van der Waals surface area contributed by atoms with E-state index in [2.05, 4.69) is 0 Å². The summed E-state index contributed by atoms with van der Waals surface area (Å²) in [5.74, 6) is 3.02. The maximum Gasteiger partial charge on any atom is 0.270 e. The van der Waals surface area contributed by atoms with E-state index in [4.69, 9.17) is 10.5 Å². The molecule has 4 unspecified atom stereocenters. The summed E-state index contributed by atoms with van der Waals surface area (Å²) < 4.78 is 5.33. The first-order valence-corrected chi connectivity index (χ1v) is 7.66. The number of nitrogens with zero attached hydrogens (tertiary/aromatic N) is 1. The number of rotatable bonds is 5. The third-order valence-corrected chi connectivity index (χ3v) is 5.26. The molecule has 4 atom stereocenters. The van der Waals surface area contributed by atoms with Gasteiger partial charge in [-0.3, -0.25) is 10.1 Å². The number of nitrogens with two attached hydrogens (primary N) is 1. The SMILES string of the molecule is COc1ccc([N+](=O)[O-])cc1C(N)CC1CC2CCC1C2. The minimum atomic E-state index is -0.382. The molecule has 2 saturated carbocycles. The molecule has 1 aromatic carbocycles. The van der Waals surface area contributed by atoms with E-state index in [9.17, 15) is 10.1 Å². The minimum Gasteiger partial charge on any atom is -0.496 e. The van der Waals surface area contributed by atoms with Crippen LogP contribution < -0.4 is 10.5 Å². The molecule has 2 fully saturated rings. The topological polar surface area (TPSA) is 78.4 Å². The molecule has 0 amide bonds. The van der Waals surface area contributed by atoms with Crippen molar-refractivity contribution < 1.29 is 9.66 Å². The number of methoxy groups -OCH3 is 1. The third kappa shape index (κ3) is 2.75. The van der Waals surface area contributed by atoms with Crippen LogP contribution in [0.5, 0.6) is 5.75 Å². The molecular formula is C16H22N2O3. The molecule has 0 saturated heterocycles. The Labute approximate surface area is 124 Å². The fourth-order valence-corrected chi connectivity index (χ4v) is 4.24. The zero-order chi connectivity index (χ0) is 15.0. The molecule has 5 nitrogen and oxygen atoms in total. The van der Waals surface area contributed by atoms with Crippen molar-refractivity contribution in [3.8, 4) is 5.75 Å². The van der Waals surface area contributed by atoms with Gasteiger partial charge in [-0.25, -0.2) is 0 Å². The van der Waals surface area contributed by atoms with Gasteiger partial charge in [0.15, 0.2) is 0 Å². The molecule has 0 aromatic heterocycles. The summed E-state index contributed by atoms with van der Waals surface area (Å²) in [7, 11) is 1.58. The average Bonchev–Trinajstić information content (AvgIpc) is 3.08. The zero-order valence-electron chi connectivity index (χ0n) is 12.3. The van der Waals surface area contributed by atoms with Crippen molar-refractivity contribution in [3.63, 3.8) is 0 Å². The highest BCUT2D eigenvalue weighted by Crippen LogP contribution is 2.51. The van der Waals surface area contributed by atoms with Crippen LogP contribution in [0.25, 0.3) is 0 Å². The molecule has 1 aromatic rings. The summed E-state index contributed by atoms with van der Waals surface area (Å²) in [6.45, 7) is 0. The maximum absolute atomic E-state index is 10.9. The van der Waals surface area contributed by atoms with Crippen LogP contribution in [0, 0.1) is 27.9 Å². The van der Waals surface area contributed by atoms with Crippen LogP contribution in [0.1, 0.15) is 43.7 Å². The molecule has 2 N–H and O–H groups in total. The van der Waals surface area contributed by atoms with Gasteiger partial charge in [0.1, 0.15) is 5.75 Å². The summed E-state index contributed by atoms with van der Waals surface area (Å²) in [6.07, 6.45) is 6.22. The summed E-state index contributed by atoms with van der Waals surface area (Å²) in [4.78, 5) is 10.6. The first-order chi connectivity index (χ1) is 10.1. The Balaban J connectivity index is 1.78. The molecule has 0 heterocycles. The molecule has 114 valence electrons. The Hall–Kier alpha value is -1.62. The predicted molar refractivity (Wildman–Crippen MR) is 80.1 cm³/mol. The van der Waals surface area contributed by atoms with Gasteiger partial charge < -0.3 is 10.5 Å². The van der Waals surface area contributed by atoms with Crippen molar-refractivity contribution in [2.24, 2.45) is 23.5 Å². The fourth-order valence-electron chi connectivity index (χ4n) is 4.24. The summed E-state index contributed by atoms with van der Waals surface area (Å²) in [5, 5.41) is 10.9. The standard InChI is InChI=1S/C16H22N2O3/c1-21-16-5-4-13(18(19)20)9-14(16)15(17)8-12-7-10-2-3-11(12)6-10/h4-5,9-12,15H,2-3,6-8,17H2,1H3. The maximum atomic E-state index is 10.9. The van der Waals surface area contributed by atoms with Gasteiger partial charge in [0.25, 0.3) is 5.69 Å². The van der Waals surface area contributed by atoms with Crippen LogP contribution in [0.2, 0.25) is 0 Å². The molecular weight excluding hydrogens is 268 g/mol. The Kier molecular flexibility index (Phi) is 3.85. The highest BCUT2D eigenvalue weighted by Gasteiger charge is 2.40. The van der Waals surface area contributed by atoms with Crippen LogP contribution in [-0.2, 0) is 0 Å². The normalized spacial score (nSPS) is 28.6. The van der Waals surface area contributed by atoms with Crippen molar-refractivity contribution in [3.05, 3.63) is 33.9 Å². The Bertz CT molecular complexity index is 546. The van der Waals surface area contributed by atoms with Gasteiger partial charge >= 0.3 is 0 Å². The van der Waals surface area contributed by atoms with Gasteiger partial charge in [0.2, 0.25) is 0 Å². The van der Waals surface area contributed by atoms with Gasteiger partial charge in [-0.05, 0) is 49.5 Å². The number of ether oxygens (including phenoxy) is 1. The molecule has 21 heavy (non-hydrogen) atoms. The van der Waals surface area contributed by atoms with E-state index in [1.54, 1.807) is 19.2 Å². The molecule has 2 bridgehead atoms. The largest absolute Gasteiger partial charge is 0.496 e. The monoisotopic (exact) mass is 290 g/mol. The number of hydrogen-bond acceptors (Lipinski definition) is 4. The number of fused-ring (bicyclic) bond motifs is 2. The van der Waals surface area contributed by atoms with Gasteiger partial charge in [-0.15, -0.1) is 0 Å². The number of nitro groups is 1. The molecule has 0 aliphatic heterocycles. The van der Waals surface area contributed by atoms with Crippen molar-refractivity contribution >= 4 is 5.69 Å². The third-order valence-electron chi connectivity index (χ3n) is 5.26. The average molecular weight is 290 g/mol. The first kappa shape index (κ1) is 14.3. The van der Waals surface area contributed by atoms with E-state index >= 15 is 0 Å². The lowest BCUT2D eigenvalue weighted by atomic mass is 9.83. The van der Waals surface area contributed by atoms with E-state index in [0.29, 0.717) is 11.7 Å². The molecule has 0 radical (unpaired) electrons. The molecule has 2 aliphatic rings. The Morgan fingerprint density at radius 2 is 2.24 bits per heavy atom. The zero-order valence-corrected chi connectivity index (χ0v) is 12.3. The van der Waals surface area contributed by atoms with Crippen LogP contribution >= 0.6 is 0 Å². The number of hydrogen-bond donors (Lipinski definition) is 1. The summed E-state index contributed by atoms with van der Waals surface area (Å²) in [6, 6.07) is 4.49. The van der Waals surface area contributed by atoms with E-state index < -0.39 is 0 Å². The lowest BCUT2D eigenvalue weighted by Crippen LogP contribution is -2.20. The lowest BCUT2D eigenvalue weighted by Gasteiger charge is -2.25. The van der Waals surface area contributed by atoms with Crippen LogP contribution in [0.3, 0.4) is 0 Å². The van der Waals surface area contributed by atoms with E-state index in [1.165, 1.54) is 31.7 Å². The second-order valence-corrected chi connectivity index (χ2v) is 6.46. The molecule has 0 spiro atoms. The first-order valence-electron chi connectivity index (χ1n) is 7.66. The highest BCUT2D eigenvalue weighted by molar-refractivity contribution is 5.45. The van der Waals surface area contributed by atoms with E-state index in [1.807, 2.05) is 0 Å². The number of non-ortho nitro benzene ring substituents is 1. The van der Waals surface area contributed by atoms with Crippen molar-refractivity contribution in [1.82, 2.24) is 0 Å². The molecule has 5 heteroatoms. The van der Waals surface area contributed by atoms with E-state index in [-0.39, 0.29) is 16.7 Å². The fraction of sp³-hybridized carbons (Fsp3) is 0.625. The van der Waals surface area contributed by atoms with Gasteiger partial charge in [0.05, 0.1) is 12.0 Å². The Morgan fingerprint density at radius 1 is 1.43 bits per heavy atom. The van der Waals surface area contributed by atoms with Crippen molar-refractivity contribution in [1.29, 1.82) is 0 Å². The summed E-state index contributed by atoms with van der Waals surface area (Å²) >= 11 is 0. The van der Waals surface area contributed by atoms with Crippen LogP contribution in [0.15, 0.2) is 18.2 Å². The second kappa shape index (κ2) is 5.64. The predicted octanol–water partition coefficient (Wildman–Crippen LogP) is 3.43. The van der Waals surface area contributed by atoms with Crippen LogP contribution in [0.4, 0.5) is 5.69 Å². The smallest absolute Gasteiger partial charge is 0.270 e. The molecule has 2 aliphatic carbocycles. The quantitative estimate of drug-likeness (QED) is 0.665. The van der Waals surface area contributed by atoms with Gasteiger partial charge in [0, 0.05) is 23.7 Å². The lowest BCUT2D eigenvalue weighted by molar-refractivity contribution is -0.385.